The Hall–Kier alpha value is -3.75. The van der Waals surface area contributed by atoms with E-state index in [1.165, 1.54) is 12.1 Å². The Bertz CT molecular complexity index is 910. The van der Waals surface area contributed by atoms with Crippen molar-refractivity contribution >= 4 is 29.6 Å². The van der Waals surface area contributed by atoms with E-state index >= 15 is 0 Å². The largest absolute Gasteiger partial charge is 0.508 e. The first-order chi connectivity index (χ1) is 17.0. The monoisotopic (exact) mass is 510 g/mol. The van der Waals surface area contributed by atoms with Crippen LogP contribution in [0.5, 0.6) is 5.75 Å². The number of aromatic hydroxyl groups is 1. The number of carbonyl (C=O) groups is 5. The topological polar surface area (TPSA) is 260 Å². The van der Waals surface area contributed by atoms with E-state index in [9.17, 15) is 39.3 Å². The van der Waals surface area contributed by atoms with E-state index in [-0.39, 0.29) is 18.6 Å². The summed E-state index contributed by atoms with van der Waals surface area (Å²) in [6.45, 7) is -0.515. The van der Waals surface area contributed by atoms with Gasteiger partial charge in [0.25, 0.3) is 0 Å². The minimum Gasteiger partial charge on any atom is -0.508 e. The zero-order chi connectivity index (χ0) is 27.3. The summed E-state index contributed by atoms with van der Waals surface area (Å²) >= 11 is 0. The van der Waals surface area contributed by atoms with Gasteiger partial charge in [-0.1, -0.05) is 12.1 Å². The summed E-state index contributed by atoms with van der Waals surface area (Å²) in [5.41, 5.74) is 17.0. The van der Waals surface area contributed by atoms with Crippen molar-refractivity contribution in [2.24, 2.45) is 17.2 Å². The van der Waals surface area contributed by atoms with Crippen LogP contribution in [-0.2, 0) is 30.4 Å². The molecule has 14 heteroatoms. The van der Waals surface area contributed by atoms with Gasteiger partial charge in [0.15, 0.2) is 0 Å². The highest BCUT2D eigenvalue weighted by Crippen LogP contribution is 2.11. The van der Waals surface area contributed by atoms with Gasteiger partial charge < -0.3 is 48.5 Å². The number of amides is 4. The third kappa shape index (κ3) is 10.7. The number of phenols is 1. The Morgan fingerprint density at radius 3 is 1.94 bits per heavy atom. The number of hydrogen-bond acceptors (Lipinski definition) is 9. The van der Waals surface area contributed by atoms with Crippen LogP contribution in [0.15, 0.2) is 24.3 Å². The van der Waals surface area contributed by atoms with Gasteiger partial charge in [-0.15, -0.1) is 0 Å². The normalized spacial score (nSPS) is 14.1. The van der Waals surface area contributed by atoms with Crippen molar-refractivity contribution in [2.45, 2.75) is 56.3 Å². The van der Waals surface area contributed by atoms with Crippen LogP contribution in [0.1, 0.15) is 31.2 Å². The van der Waals surface area contributed by atoms with Gasteiger partial charge >= 0.3 is 5.97 Å². The lowest BCUT2D eigenvalue weighted by molar-refractivity contribution is -0.142. The number of aliphatic hydroxyl groups excluding tert-OH is 1. The lowest BCUT2D eigenvalue weighted by Crippen LogP contribution is -2.58. The molecule has 12 N–H and O–H groups in total. The number of carboxylic acid groups (broad SMARTS) is 1. The molecule has 4 amide bonds. The van der Waals surface area contributed by atoms with Gasteiger partial charge in [0.1, 0.15) is 23.9 Å². The molecule has 14 nitrogen and oxygen atoms in total. The summed E-state index contributed by atoms with van der Waals surface area (Å²) in [5.74, 6) is -5.00. The molecule has 0 bridgehead atoms. The molecule has 0 aromatic heterocycles. The van der Waals surface area contributed by atoms with Crippen molar-refractivity contribution in [1.29, 1.82) is 0 Å². The average Bonchev–Trinajstić information content (AvgIpc) is 2.82. The van der Waals surface area contributed by atoms with Gasteiger partial charge in [-0.3, -0.25) is 19.2 Å². The predicted octanol–water partition coefficient (Wildman–Crippen LogP) is -3.20. The summed E-state index contributed by atoms with van der Waals surface area (Å²) in [4.78, 5) is 60.6. The molecular weight excluding hydrogens is 476 g/mol. The van der Waals surface area contributed by atoms with Crippen molar-refractivity contribution in [3.05, 3.63) is 29.8 Å². The maximum absolute atomic E-state index is 12.6. The molecule has 0 spiro atoms. The van der Waals surface area contributed by atoms with Crippen LogP contribution in [0.4, 0.5) is 0 Å². The van der Waals surface area contributed by atoms with Gasteiger partial charge in [0, 0.05) is 0 Å². The molecule has 0 aliphatic heterocycles. The number of unbranched alkanes of at least 4 members (excludes halogenated alkanes) is 1. The first kappa shape index (κ1) is 30.3. The molecule has 0 heterocycles. The van der Waals surface area contributed by atoms with Crippen molar-refractivity contribution in [3.63, 3.8) is 0 Å². The second-order valence-corrected chi connectivity index (χ2v) is 8.14. The number of carboxylic acids is 1. The van der Waals surface area contributed by atoms with Crippen LogP contribution in [0.3, 0.4) is 0 Å². The van der Waals surface area contributed by atoms with Crippen molar-refractivity contribution < 1.29 is 39.3 Å². The molecule has 0 fully saturated rings. The number of phenolic OH excluding ortho intramolecular Hbond substituents is 1. The molecule has 36 heavy (non-hydrogen) atoms. The smallest absolute Gasteiger partial charge is 0.326 e. The Morgan fingerprint density at radius 2 is 1.42 bits per heavy atom. The summed E-state index contributed by atoms with van der Waals surface area (Å²) in [7, 11) is 0. The molecule has 4 unspecified atom stereocenters. The Labute approximate surface area is 207 Å². The Kier molecular flexibility index (Phi) is 12.9. The van der Waals surface area contributed by atoms with Crippen molar-refractivity contribution in [3.8, 4) is 5.75 Å². The van der Waals surface area contributed by atoms with Crippen LogP contribution in [0.25, 0.3) is 0 Å². The molecule has 0 radical (unpaired) electrons. The van der Waals surface area contributed by atoms with E-state index < -0.39 is 66.8 Å². The van der Waals surface area contributed by atoms with Gasteiger partial charge in [-0.05, 0) is 49.9 Å². The van der Waals surface area contributed by atoms with Gasteiger partial charge in [-0.2, -0.15) is 0 Å². The number of benzene rings is 1. The number of aliphatic hydroxyl groups is 1. The molecule has 4 atom stereocenters. The Balaban J connectivity index is 2.82. The predicted molar refractivity (Wildman–Crippen MR) is 127 cm³/mol. The van der Waals surface area contributed by atoms with Crippen LogP contribution in [0.2, 0.25) is 0 Å². The molecular formula is C22H34N6O8. The minimum atomic E-state index is -1.55. The van der Waals surface area contributed by atoms with Crippen LogP contribution in [0, 0.1) is 0 Å². The number of rotatable bonds is 16. The standard InChI is InChI=1S/C22H34N6O8/c23-8-2-1-3-15(22(35)36)26-20(33)16(10-18(25)31)27-21(34)17(11-29)28-19(32)14(24)9-12-4-6-13(30)7-5-12/h4-7,14-17,29-30H,1-3,8-11,23-24H2,(H2,25,31)(H,26,33)(H,27,34)(H,28,32)(H,35,36). The molecule has 1 aromatic rings. The number of nitrogens with two attached hydrogens (primary N) is 3. The first-order valence-electron chi connectivity index (χ1n) is 11.2. The maximum atomic E-state index is 12.6. The minimum absolute atomic E-state index is 0.0357. The number of carbonyl (C=O) groups excluding carboxylic acids is 4. The second-order valence-electron chi connectivity index (χ2n) is 8.14. The van der Waals surface area contributed by atoms with E-state index in [1.807, 2.05) is 0 Å². The molecule has 0 aliphatic carbocycles. The van der Waals surface area contributed by atoms with E-state index in [1.54, 1.807) is 12.1 Å². The lowest BCUT2D eigenvalue weighted by atomic mass is 10.1. The third-order valence-electron chi connectivity index (χ3n) is 5.14. The number of nitrogens with one attached hydrogen (secondary N) is 3. The zero-order valence-corrected chi connectivity index (χ0v) is 19.7. The fourth-order valence-electron chi connectivity index (χ4n) is 3.16. The second kappa shape index (κ2) is 15.3. The first-order valence-corrected chi connectivity index (χ1v) is 11.2. The van der Waals surface area contributed by atoms with Gasteiger partial charge in [-0.25, -0.2) is 4.79 Å². The maximum Gasteiger partial charge on any atom is 0.326 e. The summed E-state index contributed by atoms with van der Waals surface area (Å²) in [6.07, 6.45) is 0.444. The van der Waals surface area contributed by atoms with E-state index in [2.05, 4.69) is 16.0 Å². The number of aliphatic carboxylic acids is 1. The molecule has 0 aliphatic rings. The van der Waals surface area contributed by atoms with E-state index in [4.69, 9.17) is 17.2 Å². The molecule has 0 saturated carbocycles. The van der Waals surface area contributed by atoms with Crippen molar-refractivity contribution in [1.82, 2.24) is 16.0 Å². The van der Waals surface area contributed by atoms with E-state index in [0.717, 1.165) is 0 Å². The van der Waals surface area contributed by atoms with Gasteiger partial charge in [0.05, 0.1) is 19.1 Å². The summed E-state index contributed by atoms with van der Waals surface area (Å²) in [6, 6.07) is 0.489. The molecule has 200 valence electrons. The summed E-state index contributed by atoms with van der Waals surface area (Å²) < 4.78 is 0. The fraction of sp³-hybridized carbons (Fsp3) is 0.500. The van der Waals surface area contributed by atoms with Crippen LogP contribution in [-0.4, -0.2) is 82.2 Å². The quantitative estimate of drug-likeness (QED) is 0.101. The third-order valence-corrected chi connectivity index (χ3v) is 5.14. The Morgan fingerprint density at radius 1 is 0.861 bits per heavy atom. The van der Waals surface area contributed by atoms with Gasteiger partial charge in [0.2, 0.25) is 23.6 Å². The number of primary amides is 1. The average molecular weight is 511 g/mol. The lowest BCUT2D eigenvalue weighted by Gasteiger charge is -2.24. The van der Waals surface area contributed by atoms with Crippen LogP contribution >= 0.6 is 0 Å². The van der Waals surface area contributed by atoms with E-state index in [0.29, 0.717) is 24.9 Å². The van der Waals surface area contributed by atoms with Crippen molar-refractivity contribution in [2.75, 3.05) is 13.2 Å². The zero-order valence-electron chi connectivity index (χ0n) is 19.7. The highest BCUT2D eigenvalue weighted by molar-refractivity contribution is 5.96. The SMILES string of the molecule is NCCCCC(NC(=O)C(CC(N)=O)NC(=O)C(CO)NC(=O)C(N)Cc1ccc(O)cc1)C(=O)O. The fourth-order valence-corrected chi connectivity index (χ4v) is 3.16. The summed E-state index contributed by atoms with van der Waals surface area (Å²) in [5, 5.41) is 35.0. The molecule has 1 rings (SSSR count). The molecule has 1 aromatic carbocycles. The van der Waals surface area contributed by atoms with Crippen LogP contribution < -0.4 is 33.2 Å². The number of hydrogen-bond donors (Lipinski definition) is 9. The highest BCUT2D eigenvalue weighted by Gasteiger charge is 2.31. The highest BCUT2D eigenvalue weighted by atomic mass is 16.4. The molecule has 0 saturated heterocycles.